The molecule has 0 heterocycles. The second kappa shape index (κ2) is 14.2. The van der Waals surface area contributed by atoms with E-state index in [2.05, 4.69) is 6.92 Å². The Balaban J connectivity index is 3.05. The smallest absolute Gasteiger partial charge is 0.343 e. The van der Waals surface area contributed by atoms with Crippen LogP contribution in [0, 0.1) is 0 Å². The molecule has 0 spiro atoms. The van der Waals surface area contributed by atoms with E-state index in [1.54, 1.807) is 0 Å². The molecule has 1 atom stereocenters. The molecule has 0 aromatic rings. The molecule has 0 amide bonds. The number of thioether (sulfide) groups is 1. The lowest BCUT2D eigenvalue weighted by atomic mass is 10.1. The van der Waals surface area contributed by atoms with Crippen LogP contribution in [0.5, 0.6) is 0 Å². The molecule has 4 heteroatoms. The van der Waals surface area contributed by atoms with Crippen molar-refractivity contribution in [2.75, 3.05) is 5.75 Å². The van der Waals surface area contributed by atoms with Gasteiger partial charge in [-0.25, -0.2) is 4.79 Å². The number of hydrogen-bond acceptors (Lipinski definition) is 3. The Morgan fingerprint density at radius 1 is 0.895 bits per heavy atom. The van der Waals surface area contributed by atoms with Crippen LogP contribution in [0.3, 0.4) is 0 Å². The van der Waals surface area contributed by atoms with Crippen molar-refractivity contribution in [3.05, 3.63) is 0 Å². The minimum atomic E-state index is -1.25. The van der Waals surface area contributed by atoms with E-state index in [4.69, 9.17) is 10.2 Å². The van der Waals surface area contributed by atoms with Gasteiger partial charge in [0, 0.05) is 0 Å². The number of rotatable bonds is 14. The molecule has 0 aromatic carbocycles. The number of aliphatic carboxylic acids is 1. The summed E-state index contributed by atoms with van der Waals surface area (Å²) in [6.07, 6.45) is 14.2. The van der Waals surface area contributed by atoms with Gasteiger partial charge in [-0.3, -0.25) is 0 Å². The third-order valence-electron chi connectivity index (χ3n) is 3.23. The Morgan fingerprint density at radius 2 is 1.32 bits per heavy atom. The van der Waals surface area contributed by atoms with E-state index in [0.717, 1.165) is 30.4 Å². The highest BCUT2D eigenvalue weighted by Gasteiger charge is 2.11. The molecule has 0 fully saturated rings. The first-order chi connectivity index (χ1) is 9.18. The second-order valence-corrected chi connectivity index (χ2v) is 6.29. The topological polar surface area (TPSA) is 57.5 Å². The van der Waals surface area contributed by atoms with Crippen molar-refractivity contribution in [2.45, 2.75) is 83.0 Å². The summed E-state index contributed by atoms with van der Waals surface area (Å²) < 4.78 is 0. The normalized spacial score (nSPS) is 12.5. The van der Waals surface area contributed by atoms with Crippen LogP contribution >= 0.6 is 11.8 Å². The predicted molar refractivity (Wildman–Crippen MR) is 82.6 cm³/mol. The lowest BCUT2D eigenvalue weighted by Gasteiger charge is -2.05. The second-order valence-electron chi connectivity index (χ2n) is 5.10. The fourth-order valence-electron chi connectivity index (χ4n) is 2.03. The molecular formula is C15H30O3S. The van der Waals surface area contributed by atoms with Crippen molar-refractivity contribution in [1.82, 2.24) is 0 Å². The maximum atomic E-state index is 10.4. The first-order valence-electron chi connectivity index (χ1n) is 7.71. The number of aliphatic hydroxyl groups excluding tert-OH is 1. The van der Waals surface area contributed by atoms with Gasteiger partial charge < -0.3 is 10.2 Å². The van der Waals surface area contributed by atoms with Crippen LogP contribution in [0.2, 0.25) is 0 Å². The number of carbonyl (C=O) groups is 1. The first kappa shape index (κ1) is 18.8. The van der Waals surface area contributed by atoms with Gasteiger partial charge in [0.1, 0.15) is 0 Å². The molecular weight excluding hydrogens is 260 g/mol. The predicted octanol–water partition coefficient (Wildman–Crippen LogP) is 4.43. The fraction of sp³-hybridized carbons (Fsp3) is 0.933. The number of carboxylic acid groups (broad SMARTS) is 1. The summed E-state index contributed by atoms with van der Waals surface area (Å²) >= 11 is 1.12. The van der Waals surface area contributed by atoms with Crippen LogP contribution in [-0.4, -0.2) is 27.4 Å². The SMILES string of the molecule is CCCCCCCCCCCCCSC(O)C(=O)O. The van der Waals surface area contributed by atoms with Gasteiger partial charge in [0.05, 0.1) is 0 Å². The van der Waals surface area contributed by atoms with E-state index in [0.29, 0.717) is 0 Å². The van der Waals surface area contributed by atoms with Gasteiger partial charge in [-0.1, -0.05) is 71.1 Å². The van der Waals surface area contributed by atoms with Crippen molar-refractivity contribution < 1.29 is 15.0 Å². The Labute approximate surface area is 122 Å². The Bertz CT molecular complexity index is 210. The maximum absolute atomic E-state index is 10.4. The third kappa shape index (κ3) is 14.0. The Hall–Kier alpha value is -0.220. The number of unbranched alkanes of at least 4 members (excludes halogenated alkanes) is 10. The highest BCUT2D eigenvalue weighted by molar-refractivity contribution is 8.00. The first-order valence-corrected chi connectivity index (χ1v) is 8.75. The molecule has 2 N–H and O–H groups in total. The van der Waals surface area contributed by atoms with Gasteiger partial charge in [-0.15, -0.1) is 11.8 Å². The summed E-state index contributed by atoms with van der Waals surface area (Å²) in [6.45, 7) is 2.24. The van der Waals surface area contributed by atoms with Crippen LogP contribution in [0.4, 0.5) is 0 Å². The van der Waals surface area contributed by atoms with Crippen LogP contribution in [0.1, 0.15) is 77.6 Å². The van der Waals surface area contributed by atoms with Gasteiger partial charge in [0.15, 0.2) is 5.44 Å². The van der Waals surface area contributed by atoms with Crippen LogP contribution in [-0.2, 0) is 4.79 Å². The number of carboxylic acids is 1. The van der Waals surface area contributed by atoms with E-state index in [-0.39, 0.29) is 0 Å². The zero-order valence-electron chi connectivity index (χ0n) is 12.3. The molecule has 19 heavy (non-hydrogen) atoms. The zero-order valence-corrected chi connectivity index (χ0v) is 13.1. The van der Waals surface area contributed by atoms with Gasteiger partial charge in [0.25, 0.3) is 0 Å². The van der Waals surface area contributed by atoms with Gasteiger partial charge in [-0.05, 0) is 12.2 Å². The van der Waals surface area contributed by atoms with Crippen molar-refractivity contribution in [2.24, 2.45) is 0 Å². The summed E-state index contributed by atoms with van der Waals surface area (Å²) in [5.41, 5.74) is -1.25. The summed E-state index contributed by atoms with van der Waals surface area (Å²) in [7, 11) is 0. The standard InChI is InChI=1S/C15H30O3S/c1-2-3-4-5-6-7-8-9-10-11-12-13-19-15(18)14(16)17/h15,18H,2-13H2,1H3,(H,16,17). The van der Waals surface area contributed by atoms with Crippen LogP contribution in [0.25, 0.3) is 0 Å². The molecule has 0 bridgehead atoms. The van der Waals surface area contributed by atoms with E-state index in [1.807, 2.05) is 0 Å². The highest BCUT2D eigenvalue weighted by Crippen LogP contribution is 2.14. The minimum absolute atomic E-state index is 0.741. The lowest BCUT2D eigenvalue weighted by Crippen LogP contribution is -2.15. The fourth-order valence-corrected chi connectivity index (χ4v) is 2.77. The van der Waals surface area contributed by atoms with E-state index in [9.17, 15) is 4.79 Å². The van der Waals surface area contributed by atoms with Crippen molar-refractivity contribution >= 4 is 17.7 Å². The van der Waals surface area contributed by atoms with E-state index in [1.165, 1.54) is 57.8 Å². The molecule has 114 valence electrons. The zero-order chi connectivity index (χ0) is 14.3. The summed E-state index contributed by atoms with van der Waals surface area (Å²) in [5, 5.41) is 17.5. The molecule has 0 radical (unpaired) electrons. The number of aliphatic hydroxyl groups is 1. The van der Waals surface area contributed by atoms with E-state index >= 15 is 0 Å². The largest absolute Gasteiger partial charge is 0.479 e. The average Bonchev–Trinajstić information content (AvgIpc) is 2.39. The lowest BCUT2D eigenvalue weighted by molar-refractivity contribution is -0.141. The van der Waals surface area contributed by atoms with Crippen molar-refractivity contribution in [3.8, 4) is 0 Å². The highest BCUT2D eigenvalue weighted by atomic mass is 32.2. The summed E-state index contributed by atoms with van der Waals surface area (Å²) in [4.78, 5) is 10.4. The Kier molecular flexibility index (Phi) is 14.0. The van der Waals surface area contributed by atoms with Gasteiger partial charge in [0.2, 0.25) is 0 Å². The van der Waals surface area contributed by atoms with Gasteiger partial charge in [-0.2, -0.15) is 0 Å². The quantitative estimate of drug-likeness (QED) is 0.367. The van der Waals surface area contributed by atoms with Crippen LogP contribution in [0.15, 0.2) is 0 Å². The molecule has 0 aromatic heterocycles. The van der Waals surface area contributed by atoms with Gasteiger partial charge >= 0.3 is 5.97 Å². The monoisotopic (exact) mass is 290 g/mol. The maximum Gasteiger partial charge on any atom is 0.343 e. The van der Waals surface area contributed by atoms with E-state index < -0.39 is 11.4 Å². The molecule has 0 aliphatic carbocycles. The van der Waals surface area contributed by atoms with Crippen LogP contribution < -0.4 is 0 Å². The molecule has 0 rings (SSSR count). The van der Waals surface area contributed by atoms with Crippen molar-refractivity contribution in [1.29, 1.82) is 0 Å². The minimum Gasteiger partial charge on any atom is -0.479 e. The average molecular weight is 290 g/mol. The number of hydrogen-bond donors (Lipinski definition) is 2. The molecule has 0 saturated carbocycles. The summed E-state index contributed by atoms with van der Waals surface area (Å²) in [6, 6.07) is 0. The van der Waals surface area contributed by atoms with Crippen molar-refractivity contribution in [3.63, 3.8) is 0 Å². The summed E-state index contributed by atoms with van der Waals surface area (Å²) in [5.74, 6) is -0.391. The molecule has 0 aliphatic heterocycles. The Morgan fingerprint density at radius 3 is 1.74 bits per heavy atom. The third-order valence-corrected chi connectivity index (χ3v) is 4.28. The molecule has 1 unspecified atom stereocenters. The molecule has 0 aliphatic rings. The molecule has 3 nitrogen and oxygen atoms in total. The molecule has 0 saturated heterocycles.